The Balaban J connectivity index is 1.83. The van der Waals surface area contributed by atoms with Crippen LogP contribution in [0.15, 0.2) is 48.5 Å². The minimum atomic E-state index is -0.682. The molecule has 0 aromatic heterocycles. The molecule has 1 aliphatic rings. The van der Waals surface area contributed by atoms with E-state index in [2.05, 4.69) is 0 Å². The average molecular weight is 313 g/mol. The van der Waals surface area contributed by atoms with Crippen LogP contribution in [-0.4, -0.2) is 18.6 Å². The van der Waals surface area contributed by atoms with Crippen LogP contribution in [0.2, 0.25) is 0 Å². The molecule has 120 valence electrons. The largest absolute Gasteiger partial charge is 0.478 e. The van der Waals surface area contributed by atoms with E-state index in [0.717, 1.165) is 18.5 Å². The van der Waals surface area contributed by atoms with Gasteiger partial charge in [0.15, 0.2) is 17.7 Å². The number of aryl methyl sites for hydroxylation is 1. The van der Waals surface area contributed by atoms with Crippen molar-refractivity contribution in [3.05, 3.63) is 59.9 Å². The molecule has 3 rings (SSSR count). The number of para-hydroxylation sites is 2. The van der Waals surface area contributed by atoms with Crippen LogP contribution in [0.25, 0.3) is 0 Å². The fourth-order valence-electron chi connectivity index (χ4n) is 2.94. The highest BCUT2D eigenvalue weighted by atomic mass is 19.1. The fourth-order valence-corrected chi connectivity index (χ4v) is 2.94. The zero-order valence-electron chi connectivity index (χ0n) is 13.2. The molecule has 0 saturated heterocycles. The van der Waals surface area contributed by atoms with Crippen molar-refractivity contribution in [2.24, 2.45) is 0 Å². The molecule has 3 nitrogen and oxygen atoms in total. The molecule has 0 bridgehead atoms. The normalized spacial score (nSPS) is 15.0. The lowest BCUT2D eigenvalue weighted by Crippen LogP contribution is -2.44. The number of ether oxygens (including phenoxy) is 1. The van der Waals surface area contributed by atoms with Crippen molar-refractivity contribution in [1.82, 2.24) is 0 Å². The minimum Gasteiger partial charge on any atom is -0.478 e. The van der Waals surface area contributed by atoms with Gasteiger partial charge < -0.3 is 9.64 Å². The number of hydrogen-bond acceptors (Lipinski definition) is 2. The van der Waals surface area contributed by atoms with Crippen LogP contribution in [0, 0.1) is 5.82 Å². The Morgan fingerprint density at radius 1 is 1.22 bits per heavy atom. The van der Waals surface area contributed by atoms with Crippen LogP contribution in [0.5, 0.6) is 5.75 Å². The first kappa shape index (κ1) is 15.5. The summed E-state index contributed by atoms with van der Waals surface area (Å²) in [5.74, 6) is -0.432. The summed E-state index contributed by atoms with van der Waals surface area (Å²) >= 11 is 0. The molecular formula is C19H20FNO2. The Bertz CT molecular complexity index is 701. The highest BCUT2D eigenvalue weighted by Crippen LogP contribution is 2.28. The SMILES string of the molecule is CC[C@@H](Oc1ccccc1F)C(=O)N1CCCc2ccccc21. The number of fused-ring (bicyclic) bond motifs is 1. The molecule has 0 unspecified atom stereocenters. The summed E-state index contributed by atoms with van der Waals surface area (Å²) < 4.78 is 19.4. The summed E-state index contributed by atoms with van der Waals surface area (Å²) in [6.07, 6.45) is 1.72. The Morgan fingerprint density at radius 2 is 1.96 bits per heavy atom. The van der Waals surface area contributed by atoms with Gasteiger partial charge in [0.1, 0.15) is 0 Å². The van der Waals surface area contributed by atoms with E-state index in [1.807, 2.05) is 31.2 Å². The lowest BCUT2D eigenvalue weighted by atomic mass is 10.0. The number of carbonyl (C=O) groups excluding carboxylic acids is 1. The van der Waals surface area contributed by atoms with E-state index in [-0.39, 0.29) is 11.7 Å². The van der Waals surface area contributed by atoms with Gasteiger partial charge in [-0.1, -0.05) is 37.3 Å². The number of rotatable bonds is 4. The summed E-state index contributed by atoms with van der Waals surface area (Å²) in [6, 6.07) is 14.1. The average Bonchev–Trinajstić information content (AvgIpc) is 2.60. The number of anilines is 1. The van der Waals surface area contributed by atoms with E-state index >= 15 is 0 Å². The third-order valence-corrected chi connectivity index (χ3v) is 4.13. The van der Waals surface area contributed by atoms with Gasteiger partial charge in [-0.15, -0.1) is 0 Å². The van der Waals surface area contributed by atoms with E-state index in [1.54, 1.807) is 23.1 Å². The van der Waals surface area contributed by atoms with Gasteiger partial charge in [-0.2, -0.15) is 0 Å². The summed E-state index contributed by atoms with van der Waals surface area (Å²) in [5.41, 5.74) is 2.12. The van der Waals surface area contributed by atoms with Gasteiger partial charge in [0.05, 0.1) is 0 Å². The maximum atomic E-state index is 13.8. The summed E-state index contributed by atoms with van der Waals surface area (Å²) in [7, 11) is 0. The molecule has 0 fully saturated rings. The first-order valence-electron chi connectivity index (χ1n) is 8.01. The van der Waals surface area contributed by atoms with Crippen molar-refractivity contribution in [2.45, 2.75) is 32.3 Å². The number of halogens is 1. The second-order valence-electron chi connectivity index (χ2n) is 5.67. The van der Waals surface area contributed by atoms with Crippen molar-refractivity contribution < 1.29 is 13.9 Å². The van der Waals surface area contributed by atoms with Crippen molar-refractivity contribution in [3.8, 4) is 5.75 Å². The van der Waals surface area contributed by atoms with Crippen LogP contribution < -0.4 is 9.64 Å². The monoisotopic (exact) mass is 313 g/mol. The van der Waals surface area contributed by atoms with Crippen molar-refractivity contribution in [1.29, 1.82) is 0 Å². The quantitative estimate of drug-likeness (QED) is 0.855. The molecule has 2 aromatic rings. The maximum absolute atomic E-state index is 13.8. The number of amides is 1. The molecule has 1 aliphatic heterocycles. The highest BCUT2D eigenvalue weighted by Gasteiger charge is 2.29. The number of hydrogen-bond donors (Lipinski definition) is 0. The van der Waals surface area contributed by atoms with Crippen LogP contribution in [0.1, 0.15) is 25.3 Å². The lowest BCUT2D eigenvalue weighted by molar-refractivity contribution is -0.125. The fraction of sp³-hybridized carbons (Fsp3) is 0.316. The first-order valence-corrected chi connectivity index (χ1v) is 8.01. The molecule has 0 aliphatic carbocycles. The molecule has 1 atom stereocenters. The predicted octanol–water partition coefficient (Wildman–Crippen LogP) is 3.96. The Kier molecular flexibility index (Phi) is 4.60. The van der Waals surface area contributed by atoms with E-state index in [0.29, 0.717) is 13.0 Å². The molecule has 1 heterocycles. The second-order valence-corrected chi connectivity index (χ2v) is 5.67. The number of carbonyl (C=O) groups is 1. The van der Waals surface area contributed by atoms with Crippen molar-refractivity contribution in [2.75, 3.05) is 11.4 Å². The summed E-state index contributed by atoms with van der Waals surface area (Å²) in [4.78, 5) is 14.7. The second kappa shape index (κ2) is 6.82. The molecule has 1 amide bonds. The molecule has 0 saturated carbocycles. The van der Waals surface area contributed by atoms with E-state index in [4.69, 9.17) is 4.74 Å². The summed E-state index contributed by atoms with van der Waals surface area (Å²) in [6.45, 7) is 2.55. The third kappa shape index (κ3) is 3.21. The Morgan fingerprint density at radius 3 is 2.74 bits per heavy atom. The van der Waals surface area contributed by atoms with Gasteiger partial charge in [0, 0.05) is 12.2 Å². The van der Waals surface area contributed by atoms with Crippen molar-refractivity contribution in [3.63, 3.8) is 0 Å². The third-order valence-electron chi connectivity index (χ3n) is 4.13. The molecule has 0 spiro atoms. The summed E-state index contributed by atoms with van der Waals surface area (Å²) in [5, 5.41) is 0. The first-order chi connectivity index (χ1) is 11.2. The van der Waals surface area contributed by atoms with Crippen LogP contribution in [-0.2, 0) is 11.2 Å². The van der Waals surface area contributed by atoms with Crippen LogP contribution >= 0.6 is 0 Å². The van der Waals surface area contributed by atoms with E-state index in [9.17, 15) is 9.18 Å². The highest BCUT2D eigenvalue weighted by molar-refractivity contribution is 5.97. The predicted molar refractivity (Wildman–Crippen MR) is 88.2 cm³/mol. The van der Waals surface area contributed by atoms with Gasteiger partial charge in [-0.05, 0) is 43.0 Å². The molecular weight excluding hydrogens is 293 g/mol. The molecule has 23 heavy (non-hydrogen) atoms. The minimum absolute atomic E-state index is 0.108. The van der Waals surface area contributed by atoms with Gasteiger partial charge >= 0.3 is 0 Å². The van der Waals surface area contributed by atoms with Gasteiger partial charge in [0.2, 0.25) is 0 Å². The maximum Gasteiger partial charge on any atom is 0.268 e. The van der Waals surface area contributed by atoms with Gasteiger partial charge in [-0.25, -0.2) is 4.39 Å². The Labute approximate surface area is 135 Å². The zero-order valence-corrected chi connectivity index (χ0v) is 13.2. The molecule has 0 N–H and O–H groups in total. The topological polar surface area (TPSA) is 29.5 Å². The van der Waals surface area contributed by atoms with Crippen molar-refractivity contribution >= 4 is 11.6 Å². The van der Waals surface area contributed by atoms with Gasteiger partial charge in [-0.3, -0.25) is 4.79 Å². The number of benzene rings is 2. The van der Waals surface area contributed by atoms with E-state index in [1.165, 1.54) is 11.6 Å². The van der Waals surface area contributed by atoms with Crippen LogP contribution in [0.3, 0.4) is 0 Å². The zero-order chi connectivity index (χ0) is 16.2. The molecule has 4 heteroatoms. The molecule has 0 radical (unpaired) electrons. The smallest absolute Gasteiger partial charge is 0.268 e. The van der Waals surface area contributed by atoms with E-state index < -0.39 is 11.9 Å². The standard InChI is InChI=1S/C19H20FNO2/c1-2-17(23-18-12-6-4-10-15(18)20)19(22)21-13-7-9-14-8-3-5-11-16(14)21/h3-6,8,10-12,17H,2,7,9,13H2,1H3/t17-/m1/s1. The number of nitrogens with zero attached hydrogens (tertiary/aromatic N) is 1. The van der Waals surface area contributed by atoms with Gasteiger partial charge in [0.25, 0.3) is 5.91 Å². The lowest BCUT2D eigenvalue weighted by Gasteiger charge is -2.32. The van der Waals surface area contributed by atoms with Crippen LogP contribution in [0.4, 0.5) is 10.1 Å². The molecule has 2 aromatic carbocycles. The Hall–Kier alpha value is -2.36.